The van der Waals surface area contributed by atoms with Gasteiger partial charge in [0.15, 0.2) is 11.5 Å². The highest BCUT2D eigenvalue weighted by molar-refractivity contribution is 14.1. The van der Waals surface area contributed by atoms with Crippen LogP contribution in [0.2, 0.25) is 5.02 Å². The van der Waals surface area contributed by atoms with Gasteiger partial charge in [0.2, 0.25) is 0 Å². The van der Waals surface area contributed by atoms with Crippen LogP contribution in [0.3, 0.4) is 0 Å². The molecule has 0 bridgehead atoms. The van der Waals surface area contributed by atoms with Crippen molar-refractivity contribution in [2.24, 2.45) is 0 Å². The number of nitrogens with one attached hydrogen (secondary N) is 1. The molecule has 1 N–H and O–H groups in total. The molecule has 8 rings (SSSR count). The summed E-state index contributed by atoms with van der Waals surface area (Å²) < 4.78 is 12.9. The Hall–Kier alpha value is -5.13. The second kappa shape index (κ2) is 15.3. The summed E-state index contributed by atoms with van der Waals surface area (Å²) in [6.45, 7) is 4.34. The van der Waals surface area contributed by atoms with Gasteiger partial charge in [0.05, 0.1) is 15.9 Å². The zero-order valence-electron chi connectivity index (χ0n) is 29.6. The fraction of sp³-hybridized carbons (Fsp3) is 0.205. The summed E-state index contributed by atoms with van der Waals surface area (Å²) in [4.78, 5) is 45.1. The molecule has 0 spiro atoms. The molecule has 2 atom stereocenters. The Morgan fingerprint density at radius 1 is 0.815 bits per heavy atom. The molecule has 0 unspecified atom stereocenters. The van der Waals surface area contributed by atoms with Crippen LogP contribution in [0.15, 0.2) is 115 Å². The maximum atomic E-state index is 14.4. The van der Waals surface area contributed by atoms with Crippen LogP contribution in [-0.4, -0.2) is 37.5 Å². The number of hydrogen-bond acceptors (Lipinski definition) is 6. The van der Waals surface area contributed by atoms with Gasteiger partial charge in [-0.25, -0.2) is 9.69 Å². The second-order valence-corrected chi connectivity index (χ2v) is 15.2. The molecule has 0 saturated carbocycles. The van der Waals surface area contributed by atoms with E-state index in [0.29, 0.717) is 34.4 Å². The highest BCUT2D eigenvalue weighted by atomic mass is 127. The van der Waals surface area contributed by atoms with E-state index >= 15 is 0 Å². The molecule has 0 aliphatic carbocycles. The van der Waals surface area contributed by atoms with Crippen LogP contribution in [0.4, 0.5) is 16.2 Å². The number of ether oxygens (including phenoxy) is 2. The number of amides is 4. The molecule has 3 aliphatic heterocycles. The second-order valence-electron chi connectivity index (χ2n) is 13.6. The van der Waals surface area contributed by atoms with Gasteiger partial charge >= 0.3 is 6.03 Å². The number of carbonyl (C=O) groups is 3. The Bertz CT molecular complexity index is 2220. The molecule has 54 heavy (non-hydrogen) atoms. The number of rotatable bonds is 9. The van der Waals surface area contributed by atoms with Crippen molar-refractivity contribution in [2.45, 2.75) is 38.2 Å². The predicted octanol–water partition coefficient (Wildman–Crippen LogP) is 9.47. The smallest absolute Gasteiger partial charge is 0.335 e. The van der Waals surface area contributed by atoms with Crippen LogP contribution in [0.25, 0.3) is 6.08 Å². The van der Waals surface area contributed by atoms with E-state index in [-0.39, 0.29) is 24.0 Å². The third-order valence-electron chi connectivity index (χ3n) is 10.3. The summed E-state index contributed by atoms with van der Waals surface area (Å²) >= 11 is 8.33. The van der Waals surface area contributed by atoms with Crippen LogP contribution in [0, 0.1) is 3.57 Å². The minimum atomic E-state index is -0.778. The monoisotopic (exact) mass is 849 g/mol. The van der Waals surface area contributed by atoms with Gasteiger partial charge in [-0.3, -0.25) is 14.9 Å². The molecular weight excluding hydrogens is 813 g/mol. The van der Waals surface area contributed by atoms with Crippen LogP contribution < -0.4 is 24.6 Å². The number of hydrogen-bond donors (Lipinski definition) is 1. The lowest BCUT2D eigenvalue weighted by Gasteiger charge is -2.44. The molecule has 5 aromatic rings. The van der Waals surface area contributed by atoms with Gasteiger partial charge in [-0.2, -0.15) is 0 Å². The predicted molar refractivity (Wildman–Crippen MR) is 220 cm³/mol. The lowest BCUT2D eigenvalue weighted by atomic mass is 9.76. The zero-order chi connectivity index (χ0) is 37.3. The molecule has 1 fully saturated rings. The number of carbonyl (C=O) groups excluding carboxylic acids is 3. The van der Waals surface area contributed by atoms with Crippen molar-refractivity contribution in [1.82, 2.24) is 5.32 Å². The number of benzene rings is 5. The average molecular weight is 850 g/mol. The first kappa shape index (κ1) is 35.9. The summed E-state index contributed by atoms with van der Waals surface area (Å²) in [5, 5.41) is 3.06. The topological polar surface area (TPSA) is 88.2 Å². The van der Waals surface area contributed by atoms with E-state index in [9.17, 15) is 14.4 Å². The number of urea groups is 1. The maximum Gasteiger partial charge on any atom is 0.335 e. The zero-order valence-corrected chi connectivity index (χ0v) is 32.5. The molecule has 4 amide bonds. The number of anilines is 2. The maximum absolute atomic E-state index is 14.4. The van der Waals surface area contributed by atoms with Gasteiger partial charge in [0.1, 0.15) is 12.2 Å². The summed E-state index contributed by atoms with van der Waals surface area (Å²) in [5.74, 6) is -0.305. The molecule has 10 heteroatoms. The minimum absolute atomic E-state index is 0.0731. The van der Waals surface area contributed by atoms with Gasteiger partial charge in [0.25, 0.3) is 11.8 Å². The van der Waals surface area contributed by atoms with Gasteiger partial charge in [-0.05, 0) is 118 Å². The molecule has 5 aromatic carbocycles. The first-order valence-corrected chi connectivity index (χ1v) is 19.5. The summed E-state index contributed by atoms with van der Waals surface area (Å²) in [5.41, 5.74) is 7.42. The molecule has 8 nitrogen and oxygen atoms in total. The van der Waals surface area contributed by atoms with Crippen molar-refractivity contribution in [2.75, 3.05) is 29.5 Å². The number of nitrogens with zero attached hydrogens (tertiary/aromatic N) is 2. The van der Waals surface area contributed by atoms with Crippen LogP contribution in [0.1, 0.15) is 65.0 Å². The third kappa shape index (κ3) is 6.98. The minimum Gasteiger partial charge on any atom is -0.490 e. The lowest BCUT2D eigenvalue weighted by molar-refractivity contribution is -0.122. The van der Waals surface area contributed by atoms with Crippen molar-refractivity contribution in [3.63, 3.8) is 0 Å². The van der Waals surface area contributed by atoms with Gasteiger partial charge < -0.3 is 14.4 Å². The first-order valence-electron chi connectivity index (χ1n) is 18.1. The molecule has 0 radical (unpaired) electrons. The molecule has 1 saturated heterocycles. The summed E-state index contributed by atoms with van der Waals surface area (Å²) in [6.07, 6.45) is 3.31. The average Bonchev–Trinajstić information content (AvgIpc) is 3.17. The van der Waals surface area contributed by atoms with Crippen LogP contribution >= 0.6 is 34.2 Å². The fourth-order valence-electron chi connectivity index (χ4n) is 7.88. The van der Waals surface area contributed by atoms with E-state index in [4.69, 9.17) is 21.1 Å². The van der Waals surface area contributed by atoms with E-state index in [1.54, 1.807) is 12.1 Å². The largest absolute Gasteiger partial charge is 0.490 e. The van der Waals surface area contributed by atoms with Gasteiger partial charge in [-0.15, -0.1) is 0 Å². The number of halogens is 2. The molecular formula is C44H37ClIN3O5. The lowest BCUT2D eigenvalue weighted by Crippen LogP contribution is -2.54. The van der Waals surface area contributed by atoms with E-state index in [1.165, 1.54) is 22.9 Å². The highest BCUT2D eigenvalue weighted by Gasteiger charge is 2.40. The van der Waals surface area contributed by atoms with Gasteiger partial charge in [0, 0.05) is 35.6 Å². The van der Waals surface area contributed by atoms with E-state index in [2.05, 4.69) is 57.1 Å². The van der Waals surface area contributed by atoms with Gasteiger partial charge in [-0.1, -0.05) is 84.4 Å². The van der Waals surface area contributed by atoms with Crippen molar-refractivity contribution in [3.8, 4) is 11.5 Å². The molecule has 3 aliphatic rings. The molecule has 272 valence electrons. The fourth-order valence-corrected chi connectivity index (χ4v) is 8.88. The van der Waals surface area contributed by atoms with Crippen molar-refractivity contribution in [1.29, 1.82) is 0 Å². The summed E-state index contributed by atoms with van der Waals surface area (Å²) in [7, 11) is 0. The first-order chi connectivity index (χ1) is 26.3. The Balaban J connectivity index is 1.19. The number of barbiturate groups is 1. The van der Waals surface area contributed by atoms with E-state index < -0.39 is 17.8 Å². The highest BCUT2D eigenvalue weighted by Crippen LogP contribution is 2.50. The molecule has 0 aromatic heterocycles. The van der Waals surface area contributed by atoms with Crippen LogP contribution in [0.5, 0.6) is 11.5 Å². The normalized spacial score (nSPS) is 18.7. The Kier molecular flexibility index (Phi) is 10.2. The third-order valence-corrected chi connectivity index (χ3v) is 11.3. The molecule has 3 heterocycles. The Labute approximate surface area is 332 Å². The van der Waals surface area contributed by atoms with Crippen molar-refractivity contribution in [3.05, 3.63) is 157 Å². The standard InChI is InChI=1S/C44H37ClIN3O5/c1-2-53-39-23-28(22-38(46)41(39)54-26-27-10-9-15-31(45)20-27)21-37-42(50)47-44(52)49(43(37)51)32-24-35-33(29-11-5-3-6-12-29)16-18-48-19-17-34(36(25-32)40(35)48)30-13-7-4-8-14-30/h3-15,20-25,33-34H,2,16-19,26H2,1H3,(H,47,50,52)/b37-21+/t33-,34+. The number of imide groups is 2. The van der Waals surface area contributed by atoms with Crippen LogP contribution in [-0.2, 0) is 16.2 Å². The van der Waals surface area contributed by atoms with E-state index in [1.807, 2.05) is 79.7 Å². The quantitative estimate of drug-likeness (QED) is 0.0904. The van der Waals surface area contributed by atoms with Crippen molar-refractivity contribution < 1.29 is 23.9 Å². The van der Waals surface area contributed by atoms with E-state index in [0.717, 1.165) is 51.1 Å². The Morgan fingerprint density at radius 2 is 1.46 bits per heavy atom. The summed E-state index contributed by atoms with van der Waals surface area (Å²) in [6, 6.07) is 34.9. The Morgan fingerprint density at radius 3 is 2.07 bits per heavy atom. The van der Waals surface area contributed by atoms with Crippen molar-refractivity contribution >= 4 is 69.5 Å². The SMILES string of the molecule is CCOc1cc(/C=C2\C(=O)NC(=O)N(c3cc4c5c(c3)[C@H](c3ccccc3)CCN5CC[C@@H]4c3ccccc3)C2=O)cc(I)c1OCc1cccc(Cl)c1.